The number of allylic oxidation sites excluding steroid dienone is 1. The molecule has 0 aromatic heterocycles. The number of Topliss-reactive ketones (excluding diaryl/α,β-unsaturated/α-hetero) is 1. The van der Waals surface area contributed by atoms with E-state index in [0.717, 1.165) is 0 Å². The van der Waals surface area contributed by atoms with Gasteiger partial charge in [-0.2, -0.15) is 0 Å². The maximum absolute atomic E-state index is 11.5. The van der Waals surface area contributed by atoms with Crippen molar-refractivity contribution in [2.75, 3.05) is 6.79 Å². The molecule has 0 saturated heterocycles. The SMILES string of the molecule is C=CCC(=O)c1ccc2c(c1)OCO2. The maximum atomic E-state index is 11.5. The molecule has 0 aliphatic carbocycles. The summed E-state index contributed by atoms with van der Waals surface area (Å²) in [5.41, 5.74) is 0.633. The predicted molar refractivity (Wildman–Crippen MR) is 51.7 cm³/mol. The molecule has 0 spiro atoms. The molecule has 0 bridgehead atoms. The normalized spacial score (nSPS) is 12.6. The van der Waals surface area contributed by atoms with Gasteiger partial charge in [0.25, 0.3) is 0 Å². The third-order valence-corrected chi connectivity index (χ3v) is 2.02. The van der Waals surface area contributed by atoms with Crippen LogP contribution in [0.3, 0.4) is 0 Å². The van der Waals surface area contributed by atoms with E-state index in [4.69, 9.17) is 9.47 Å². The lowest BCUT2D eigenvalue weighted by molar-refractivity contribution is 0.0995. The van der Waals surface area contributed by atoms with Gasteiger partial charge in [-0.15, -0.1) is 6.58 Å². The summed E-state index contributed by atoms with van der Waals surface area (Å²) < 4.78 is 10.3. The van der Waals surface area contributed by atoms with Gasteiger partial charge in [-0.3, -0.25) is 4.79 Å². The van der Waals surface area contributed by atoms with Crippen LogP contribution in [0.25, 0.3) is 0 Å². The molecule has 2 rings (SSSR count). The molecule has 14 heavy (non-hydrogen) atoms. The molecule has 1 aromatic rings. The first-order chi connectivity index (χ1) is 6.81. The molecule has 1 aromatic carbocycles. The predicted octanol–water partition coefficient (Wildman–Crippen LogP) is 2.17. The average Bonchev–Trinajstić information content (AvgIpc) is 2.64. The molecular formula is C11H10O3. The van der Waals surface area contributed by atoms with Crippen molar-refractivity contribution in [2.45, 2.75) is 6.42 Å². The van der Waals surface area contributed by atoms with E-state index in [2.05, 4.69) is 6.58 Å². The highest BCUT2D eigenvalue weighted by atomic mass is 16.7. The summed E-state index contributed by atoms with van der Waals surface area (Å²) in [6, 6.07) is 5.19. The topological polar surface area (TPSA) is 35.5 Å². The molecule has 0 radical (unpaired) electrons. The summed E-state index contributed by atoms with van der Waals surface area (Å²) in [4.78, 5) is 11.5. The summed E-state index contributed by atoms with van der Waals surface area (Å²) in [7, 11) is 0. The van der Waals surface area contributed by atoms with Crippen molar-refractivity contribution in [3.8, 4) is 11.5 Å². The van der Waals surface area contributed by atoms with Gasteiger partial charge < -0.3 is 9.47 Å². The van der Waals surface area contributed by atoms with Crippen LogP contribution >= 0.6 is 0 Å². The third-order valence-electron chi connectivity index (χ3n) is 2.02. The molecular weight excluding hydrogens is 180 g/mol. The number of hydrogen-bond acceptors (Lipinski definition) is 3. The fraction of sp³-hybridized carbons (Fsp3) is 0.182. The van der Waals surface area contributed by atoms with Crippen LogP contribution in [0.4, 0.5) is 0 Å². The zero-order chi connectivity index (χ0) is 9.97. The van der Waals surface area contributed by atoms with Crippen LogP contribution < -0.4 is 9.47 Å². The van der Waals surface area contributed by atoms with Crippen LogP contribution in [-0.4, -0.2) is 12.6 Å². The first-order valence-electron chi connectivity index (χ1n) is 4.35. The molecule has 3 nitrogen and oxygen atoms in total. The highest BCUT2D eigenvalue weighted by Gasteiger charge is 2.15. The average molecular weight is 190 g/mol. The Morgan fingerprint density at radius 2 is 2.21 bits per heavy atom. The van der Waals surface area contributed by atoms with E-state index in [0.29, 0.717) is 23.5 Å². The van der Waals surface area contributed by atoms with E-state index in [1.807, 2.05) is 0 Å². The van der Waals surface area contributed by atoms with Crippen LogP contribution in [0, 0.1) is 0 Å². The largest absolute Gasteiger partial charge is 0.454 e. The Morgan fingerprint density at radius 3 is 3.00 bits per heavy atom. The van der Waals surface area contributed by atoms with E-state index >= 15 is 0 Å². The third kappa shape index (κ3) is 1.48. The van der Waals surface area contributed by atoms with Gasteiger partial charge in [-0.1, -0.05) is 6.08 Å². The van der Waals surface area contributed by atoms with Crippen molar-refractivity contribution >= 4 is 5.78 Å². The number of benzene rings is 1. The zero-order valence-corrected chi connectivity index (χ0v) is 7.66. The van der Waals surface area contributed by atoms with Crippen LogP contribution in [0.1, 0.15) is 16.8 Å². The van der Waals surface area contributed by atoms with Crippen LogP contribution in [0.2, 0.25) is 0 Å². The van der Waals surface area contributed by atoms with E-state index in [1.165, 1.54) is 0 Å². The van der Waals surface area contributed by atoms with Crippen LogP contribution in [0.15, 0.2) is 30.9 Å². The van der Waals surface area contributed by atoms with Gasteiger partial charge >= 0.3 is 0 Å². The van der Waals surface area contributed by atoms with E-state index in [9.17, 15) is 4.79 Å². The van der Waals surface area contributed by atoms with Gasteiger partial charge in [-0.05, 0) is 18.2 Å². The highest BCUT2D eigenvalue weighted by Crippen LogP contribution is 2.32. The first-order valence-corrected chi connectivity index (χ1v) is 4.35. The second-order valence-corrected chi connectivity index (χ2v) is 2.98. The lowest BCUT2D eigenvalue weighted by atomic mass is 10.1. The van der Waals surface area contributed by atoms with Gasteiger partial charge in [0.15, 0.2) is 17.3 Å². The van der Waals surface area contributed by atoms with E-state index in [1.54, 1.807) is 24.3 Å². The Kier molecular flexibility index (Phi) is 2.23. The maximum Gasteiger partial charge on any atom is 0.231 e. The minimum absolute atomic E-state index is 0.0401. The molecule has 0 amide bonds. The van der Waals surface area contributed by atoms with Crippen molar-refractivity contribution in [2.24, 2.45) is 0 Å². The van der Waals surface area contributed by atoms with Crippen molar-refractivity contribution in [1.82, 2.24) is 0 Å². The molecule has 3 heteroatoms. The zero-order valence-electron chi connectivity index (χ0n) is 7.66. The number of fused-ring (bicyclic) bond motifs is 1. The second kappa shape index (κ2) is 3.54. The van der Waals surface area contributed by atoms with Crippen molar-refractivity contribution in [3.63, 3.8) is 0 Å². The molecule has 0 N–H and O–H groups in total. The van der Waals surface area contributed by atoms with Gasteiger partial charge in [0, 0.05) is 12.0 Å². The number of ketones is 1. The number of hydrogen-bond donors (Lipinski definition) is 0. The van der Waals surface area contributed by atoms with E-state index < -0.39 is 0 Å². The molecule has 1 heterocycles. The first kappa shape index (κ1) is 8.81. The second-order valence-electron chi connectivity index (χ2n) is 2.98. The molecule has 0 atom stereocenters. The van der Waals surface area contributed by atoms with Gasteiger partial charge in [0.2, 0.25) is 6.79 Å². The number of ether oxygens (including phenoxy) is 2. The van der Waals surface area contributed by atoms with E-state index in [-0.39, 0.29) is 12.6 Å². The fourth-order valence-corrected chi connectivity index (χ4v) is 1.32. The summed E-state index contributed by atoms with van der Waals surface area (Å²) in [5, 5.41) is 0. The number of rotatable bonds is 3. The molecule has 0 fully saturated rings. The molecule has 1 aliphatic heterocycles. The molecule has 72 valence electrons. The van der Waals surface area contributed by atoms with Crippen molar-refractivity contribution in [1.29, 1.82) is 0 Å². The Bertz CT molecular complexity index is 382. The lowest BCUT2D eigenvalue weighted by Crippen LogP contribution is -1.96. The highest BCUT2D eigenvalue weighted by molar-refractivity contribution is 5.97. The summed E-state index contributed by atoms with van der Waals surface area (Å²) in [6.07, 6.45) is 1.94. The Labute approximate surface area is 81.9 Å². The minimum atomic E-state index is 0.0401. The van der Waals surface area contributed by atoms with Gasteiger partial charge in [0.1, 0.15) is 0 Å². The monoisotopic (exact) mass is 190 g/mol. The minimum Gasteiger partial charge on any atom is -0.454 e. The van der Waals surface area contributed by atoms with Gasteiger partial charge in [0.05, 0.1) is 0 Å². The Hall–Kier alpha value is -1.77. The summed E-state index contributed by atoms with van der Waals surface area (Å²) >= 11 is 0. The molecule has 0 saturated carbocycles. The van der Waals surface area contributed by atoms with Crippen LogP contribution in [-0.2, 0) is 0 Å². The Morgan fingerprint density at radius 1 is 1.43 bits per heavy atom. The van der Waals surface area contributed by atoms with Crippen molar-refractivity contribution in [3.05, 3.63) is 36.4 Å². The quantitative estimate of drug-likeness (QED) is 0.541. The number of carbonyl (C=O) groups is 1. The Balaban J connectivity index is 2.28. The summed E-state index contributed by atoms with van der Waals surface area (Å²) in [6.45, 7) is 3.75. The number of carbonyl (C=O) groups excluding carboxylic acids is 1. The van der Waals surface area contributed by atoms with Crippen molar-refractivity contribution < 1.29 is 14.3 Å². The molecule has 1 aliphatic rings. The smallest absolute Gasteiger partial charge is 0.231 e. The standard InChI is InChI=1S/C11H10O3/c1-2-3-9(12)8-4-5-10-11(6-8)14-7-13-10/h2,4-6H,1,3,7H2. The van der Waals surface area contributed by atoms with Gasteiger partial charge in [-0.25, -0.2) is 0 Å². The van der Waals surface area contributed by atoms with Crippen LogP contribution in [0.5, 0.6) is 11.5 Å². The lowest BCUT2D eigenvalue weighted by Gasteiger charge is -1.99. The fourth-order valence-electron chi connectivity index (χ4n) is 1.32. The molecule has 0 unspecified atom stereocenters. The summed E-state index contributed by atoms with van der Waals surface area (Å²) in [5.74, 6) is 1.37.